The number of aryl methyl sites for hydroxylation is 1. The van der Waals surface area contributed by atoms with E-state index in [0.717, 1.165) is 32.4 Å². The Balaban J connectivity index is 1.96. The second-order valence-electron chi connectivity index (χ2n) is 6.95. The normalized spacial score (nSPS) is 16.9. The van der Waals surface area contributed by atoms with E-state index in [1.165, 1.54) is 15.3 Å². The lowest BCUT2D eigenvalue weighted by Crippen LogP contribution is -2.41. The van der Waals surface area contributed by atoms with Crippen LogP contribution in [0.1, 0.15) is 54.8 Å². The summed E-state index contributed by atoms with van der Waals surface area (Å²) in [5.74, 6) is 0.491. The number of aliphatic hydroxyl groups is 1. The molecule has 1 aliphatic rings. The Morgan fingerprint density at radius 3 is 2.59 bits per heavy atom. The van der Waals surface area contributed by atoms with Gasteiger partial charge in [0.25, 0.3) is 0 Å². The zero-order valence-electron chi connectivity index (χ0n) is 14.0. The number of thiophene rings is 1. The molecule has 0 unspecified atom stereocenters. The quantitative estimate of drug-likeness (QED) is 0.922. The molecule has 22 heavy (non-hydrogen) atoms. The van der Waals surface area contributed by atoms with Crippen molar-refractivity contribution in [2.75, 3.05) is 19.7 Å². The lowest BCUT2D eigenvalue weighted by Gasteiger charge is -2.33. The fourth-order valence-corrected chi connectivity index (χ4v) is 4.04. The lowest BCUT2D eigenvalue weighted by molar-refractivity contribution is 0.0205. The summed E-state index contributed by atoms with van der Waals surface area (Å²) in [5, 5.41) is 9.21. The van der Waals surface area contributed by atoms with Crippen LogP contribution in [0.2, 0.25) is 0 Å². The van der Waals surface area contributed by atoms with Gasteiger partial charge in [0, 0.05) is 35.9 Å². The topological polar surface area (TPSA) is 49.8 Å². The Kier molecular flexibility index (Phi) is 5.50. The number of carbonyl (C=O) groups excluding carboxylic acids is 1. The smallest absolute Gasteiger partial charge is 0.410 e. The van der Waals surface area contributed by atoms with E-state index < -0.39 is 5.60 Å². The number of aliphatic hydroxyl groups excluding tert-OH is 1. The number of carbonyl (C=O) groups is 1. The molecule has 124 valence electrons. The van der Waals surface area contributed by atoms with E-state index >= 15 is 0 Å². The van der Waals surface area contributed by atoms with Gasteiger partial charge in [-0.15, -0.1) is 11.3 Å². The van der Waals surface area contributed by atoms with Crippen LogP contribution >= 0.6 is 11.3 Å². The minimum atomic E-state index is -0.438. The van der Waals surface area contributed by atoms with Crippen LogP contribution in [0.15, 0.2) is 6.07 Å². The number of rotatable bonds is 3. The lowest BCUT2D eigenvalue weighted by atomic mass is 9.89. The molecule has 1 aromatic rings. The number of nitrogens with zero attached hydrogens (tertiary/aromatic N) is 1. The first kappa shape index (κ1) is 17.3. The van der Waals surface area contributed by atoms with Crippen LogP contribution in [0.3, 0.4) is 0 Å². The molecule has 0 spiro atoms. The second-order valence-corrected chi connectivity index (χ2v) is 8.29. The van der Waals surface area contributed by atoms with Gasteiger partial charge in [-0.2, -0.15) is 0 Å². The van der Waals surface area contributed by atoms with Crippen molar-refractivity contribution >= 4 is 17.4 Å². The summed E-state index contributed by atoms with van der Waals surface area (Å²) in [6.07, 6.45) is 2.46. The third-order valence-corrected chi connectivity index (χ3v) is 5.02. The first-order valence-corrected chi connectivity index (χ1v) is 8.80. The van der Waals surface area contributed by atoms with E-state index in [0.29, 0.717) is 5.92 Å². The largest absolute Gasteiger partial charge is 0.444 e. The molecule has 0 saturated carbocycles. The van der Waals surface area contributed by atoms with Crippen molar-refractivity contribution in [2.45, 2.75) is 58.5 Å². The summed E-state index contributed by atoms with van der Waals surface area (Å²) >= 11 is 1.78. The van der Waals surface area contributed by atoms with Crippen LogP contribution in [0, 0.1) is 6.92 Å². The Morgan fingerprint density at radius 2 is 2.05 bits per heavy atom. The number of piperidine rings is 1. The molecule has 1 aliphatic heterocycles. The highest BCUT2D eigenvalue weighted by Crippen LogP contribution is 2.35. The molecule has 2 heterocycles. The highest BCUT2D eigenvalue weighted by Gasteiger charge is 2.28. The van der Waals surface area contributed by atoms with Gasteiger partial charge in [0.05, 0.1) is 0 Å². The number of likely N-dealkylation sites (tertiary alicyclic amines) is 1. The highest BCUT2D eigenvalue weighted by molar-refractivity contribution is 7.12. The molecule has 1 saturated heterocycles. The summed E-state index contributed by atoms with van der Waals surface area (Å²) in [5.41, 5.74) is 0.938. The van der Waals surface area contributed by atoms with Crippen LogP contribution < -0.4 is 0 Å². The molecule has 0 radical (unpaired) electrons. The first-order valence-electron chi connectivity index (χ1n) is 7.98. The van der Waals surface area contributed by atoms with Gasteiger partial charge in [0.1, 0.15) is 5.60 Å². The molecule has 0 atom stereocenters. The van der Waals surface area contributed by atoms with Crippen molar-refractivity contribution in [3.63, 3.8) is 0 Å². The van der Waals surface area contributed by atoms with Crippen LogP contribution in [0.25, 0.3) is 0 Å². The summed E-state index contributed by atoms with van der Waals surface area (Å²) in [6, 6.07) is 2.25. The van der Waals surface area contributed by atoms with Crippen LogP contribution in [0.4, 0.5) is 4.79 Å². The molecule has 0 aromatic carbocycles. The molecular formula is C17H27NO3S. The van der Waals surface area contributed by atoms with Gasteiger partial charge < -0.3 is 14.7 Å². The minimum Gasteiger partial charge on any atom is -0.444 e. The van der Waals surface area contributed by atoms with Crippen LogP contribution in [-0.4, -0.2) is 41.4 Å². The van der Waals surface area contributed by atoms with E-state index in [2.05, 4.69) is 13.0 Å². The van der Waals surface area contributed by atoms with Crippen molar-refractivity contribution in [2.24, 2.45) is 0 Å². The van der Waals surface area contributed by atoms with E-state index in [9.17, 15) is 9.90 Å². The minimum absolute atomic E-state index is 0.198. The summed E-state index contributed by atoms with van der Waals surface area (Å²) in [7, 11) is 0. The van der Waals surface area contributed by atoms with Crippen LogP contribution in [0.5, 0.6) is 0 Å². The average Bonchev–Trinajstić information content (AvgIpc) is 2.78. The maximum Gasteiger partial charge on any atom is 0.410 e. The molecule has 1 amide bonds. The SMILES string of the molecule is Cc1cc(C2CCN(C(=O)OC(C)(C)C)CC2)c(CCO)s1. The number of amides is 1. The summed E-state index contributed by atoms with van der Waals surface area (Å²) in [6.45, 7) is 9.49. The fraction of sp³-hybridized carbons (Fsp3) is 0.706. The van der Waals surface area contributed by atoms with Gasteiger partial charge in [0.15, 0.2) is 0 Å². The molecule has 2 rings (SSSR count). The number of hydrogen-bond acceptors (Lipinski definition) is 4. The molecule has 4 nitrogen and oxygen atoms in total. The molecule has 5 heteroatoms. The van der Waals surface area contributed by atoms with Crippen molar-refractivity contribution < 1.29 is 14.6 Å². The van der Waals surface area contributed by atoms with E-state index in [1.54, 1.807) is 11.3 Å². The van der Waals surface area contributed by atoms with Gasteiger partial charge in [0.2, 0.25) is 0 Å². The van der Waals surface area contributed by atoms with Gasteiger partial charge in [-0.05, 0) is 58.1 Å². The third-order valence-electron chi connectivity index (χ3n) is 3.89. The zero-order chi connectivity index (χ0) is 16.3. The summed E-state index contributed by atoms with van der Waals surface area (Å²) in [4.78, 5) is 16.5. The molecule has 0 aliphatic carbocycles. The maximum atomic E-state index is 12.1. The molecule has 1 N–H and O–H groups in total. The Bertz CT molecular complexity index is 510. The number of hydrogen-bond donors (Lipinski definition) is 1. The van der Waals surface area contributed by atoms with Crippen molar-refractivity contribution in [1.82, 2.24) is 4.90 Å². The Morgan fingerprint density at radius 1 is 1.41 bits per heavy atom. The van der Waals surface area contributed by atoms with Gasteiger partial charge in [-0.3, -0.25) is 0 Å². The maximum absolute atomic E-state index is 12.1. The predicted molar refractivity (Wildman–Crippen MR) is 89.6 cm³/mol. The predicted octanol–water partition coefficient (Wildman–Crippen LogP) is 3.71. The third kappa shape index (κ3) is 4.46. The summed E-state index contributed by atoms with van der Waals surface area (Å²) < 4.78 is 5.44. The zero-order valence-corrected chi connectivity index (χ0v) is 14.8. The van der Waals surface area contributed by atoms with Gasteiger partial charge in [-0.1, -0.05) is 0 Å². The standard InChI is InChI=1S/C17H27NO3S/c1-12-11-14(15(22-12)7-10-19)13-5-8-18(9-6-13)16(20)21-17(2,3)4/h11,13,19H,5-10H2,1-4H3. The number of ether oxygens (including phenoxy) is 1. The van der Waals surface area contributed by atoms with Crippen molar-refractivity contribution in [1.29, 1.82) is 0 Å². The average molecular weight is 325 g/mol. The van der Waals surface area contributed by atoms with E-state index in [1.807, 2.05) is 25.7 Å². The van der Waals surface area contributed by atoms with Crippen LogP contribution in [-0.2, 0) is 11.2 Å². The van der Waals surface area contributed by atoms with Crippen molar-refractivity contribution in [3.8, 4) is 0 Å². The first-order chi connectivity index (χ1) is 10.3. The molecular weight excluding hydrogens is 298 g/mol. The second kappa shape index (κ2) is 7.01. The van der Waals surface area contributed by atoms with Crippen molar-refractivity contribution in [3.05, 3.63) is 21.4 Å². The molecule has 0 bridgehead atoms. The Hall–Kier alpha value is -1.07. The molecule has 1 fully saturated rings. The fourth-order valence-electron chi connectivity index (χ4n) is 2.92. The van der Waals surface area contributed by atoms with E-state index in [-0.39, 0.29) is 12.7 Å². The van der Waals surface area contributed by atoms with Gasteiger partial charge in [-0.25, -0.2) is 4.79 Å². The van der Waals surface area contributed by atoms with E-state index in [4.69, 9.17) is 4.74 Å². The monoisotopic (exact) mass is 325 g/mol. The highest BCUT2D eigenvalue weighted by atomic mass is 32.1. The van der Waals surface area contributed by atoms with Gasteiger partial charge >= 0.3 is 6.09 Å². The Labute approximate surface area is 137 Å². The molecule has 1 aromatic heterocycles.